The zero-order chi connectivity index (χ0) is 17.4. The zero-order valence-electron chi connectivity index (χ0n) is 14.1. The van der Waals surface area contributed by atoms with Gasteiger partial charge in [0.2, 0.25) is 5.91 Å². The molecule has 0 unspecified atom stereocenters. The number of aryl methyl sites for hydroxylation is 1. The summed E-state index contributed by atoms with van der Waals surface area (Å²) in [4.78, 5) is 18.6. The maximum absolute atomic E-state index is 12.0. The third-order valence-electron chi connectivity index (χ3n) is 3.18. The summed E-state index contributed by atoms with van der Waals surface area (Å²) < 4.78 is 0. The number of nitrogens with zero attached hydrogens (tertiary/aromatic N) is 1. The smallest absolute Gasteiger partial charge is 0.243 e. The van der Waals surface area contributed by atoms with Crippen molar-refractivity contribution in [3.8, 4) is 12.3 Å². The largest absolute Gasteiger partial charge is 0.352 e. The number of halogens is 1. The molecule has 0 spiro atoms. The van der Waals surface area contributed by atoms with Gasteiger partial charge in [-0.05, 0) is 37.3 Å². The number of aliphatic imine (C=N–C) groups is 1. The maximum Gasteiger partial charge on any atom is 0.243 e. The molecule has 1 aromatic carbocycles. The van der Waals surface area contributed by atoms with E-state index >= 15 is 0 Å². The van der Waals surface area contributed by atoms with E-state index in [4.69, 9.17) is 6.42 Å². The van der Waals surface area contributed by atoms with Crippen molar-refractivity contribution in [3.63, 3.8) is 0 Å². The monoisotopic (exact) mass is 468 g/mol. The second-order valence-electron chi connectivity index (χ2n) is 5.06. The van der Waals surface area contributed by atoms with E-state index in [1.807, 2.05) is 12.1 Å². The average Bonchev–Trinajstić information content (AvgIpc) is 3.00. The highest BCUT2D eigenvalue weighted by atomic mass is 127. The van der Waals surface area contributed by atoms with Gasteiger partial charge in [0, 0.05) is 28.1 Å². The Labute approximate surface area is 169 Å². The summed E-state index contributed by atoms with van der Waals surface area (Å²) in [5, 5.41) is 8.96. The molecular formula is C18H21IN4OS. The number of hydrogen-bond donors (Lipinski definition) is 3. The van der Waals surface area contributed by atoms with E-state index in [0.717, 1.165) is 5.56 Å². The third-order valence-corrected chi connectivity index (χ3v) is 4.18. The Morgan fingerprint density at radius 3 is 2.72 bits per heavy atom. The number of carbonyl (C=O) groups excluding carboxylic acids is 1. The van der Waals surface area contributed by atoms with Crippen molar-refractivity contribution in [2.45, 2.75) is 13.5 Å². The summed E-state index contributed by atoms with van der Waals surface area (Å²) in [6.45, 7) is 2.86. The molecule has 7 heteroatoms. The average molecular weight is 468 g/mol. The number of amides is 1. The Hall–Kier alpha value is -2.05. The van der Waals surface area contributed by atoms with Crippen molar-refractivity contribution in [1.82, 2.24) is 10.6 Å². The Bertz CT molecular complexity index is 779. The van der Waals surface area contributed by atoms with Crippen molar-refractivity contribution in [2.24, 2.45) is 4.99 Å². The minimum absolute atomic E-state index is 0. The van der Waals surface area contributed by atoms with E-state index in [9.17, 15) is 4.79 Å². The molecule has 0 atom stereocenters. The number of benzene rings is 1. The Kier molecular flexibility index (Phi) is 9.02. The first-order valence-electron chi connectivity index (χ1n) is 7.47. The Balaban J connectivity index is 0.00000312. The van der Waals surface area contributed by atoms with Crippen molar-refractivity contribution in [3.05, 3.63) is 51.7 Å². The molecule has 2 rings (SSSR count). The van der Waals surface area contributed by atoms with Gasteiger partial charge in [0.1, 0.15) is 0 Å². The van der Waals surface area contributed by atoms with Crippen LogP contribution in [0.15, 0.2) is 41.4 Å². The summed E-state index contributed by atoms with van der Waals surface area (Å²) >= 11 is 1.73. The van der Waals surface area contributed by atoms with E-state index < -0.39 is 0 Å². The van der Waals surface area contributed by atoms with Gasteiger partial charge in [-0.15, -0.1) is 41.7 Å². The fourth-order valence-electron chi connectivity index (χ4n) is 2.03. The Morgan fingerprint density at radius 1 is 1.28 bits per heavy atom. The van der Waals surface area contributed by atoms with Gasteiger partial charge in [0.25, 0.3) is 0 Å². The highest BCUT2D eigenvalue weighted by molar-refractivity contribution is 14.0. The van der Waals surface area contributed by atoms with Crippen LogP contribution in [-0.4, -0.2) is 25.5 Å². The van der Waals surface area contributed by atoms with Gasteiger partial charge in [-0.25, -0.2) is 0 Å². The van der Waals surface area contributed by atoms with E-state index in [-0.39, 0.29) is 36.4 Å². The van der Waals surface area contributed by atoms with Crippen LogP contribution in [0.25, 0.3) is 0 Å². The molecule has 0 saturated carbocycles. The molecule has 0 radical (unpaired) electrons. The number of nitrogens with one attached hydrogen (secondary N) is 3. The van der Waals surface area contributed by atoms with Crippen LogP contribution in [0.4, 0.5) is 5.69 Å². The second kappa shape index (κ2) is 10.7. The predicted molar refractivity (Wildman–Crippen MR) is 116 cm³/mol. The lowest BCUT2D eigenvalue weighted by molar-refractivity contribution is -0.115. The molecule has 2 aromatic rings. The highest BCUT2D eigenvalue weighted by Crippen LogP contribution is 2.14. The minimum atomic E-state index is -0.168. The first-order valence-corrected chi connectivity index (χ1v) is 8.28. The summed E-state index contributed by atoms with van der Waals surface area (Å²) in [5.74, 6) is 2.95. The topological polar surface area (TPSA) is 65.5 Å². The van der Waals surface area contributed by atoms with E-state index in [1.54, 1.807) is 30.5 Å². The van der Waals surface area contributed by atoms with Crippen LogP contribution >= 0.6 is 35.3 Å². The van der Waals surface area contributed by atoms with Gasteiger partial charge in [0.15, 0.2) is 5.96 Å². The molecule has 1 amide bonds. The lowest BCUT2D eigenvalue weighted by Crippen LogP contribution is -2.40. The van der Waals surface area contributed by atoms with Gasteiger partial charge in [-0.3, -0.25) is 9.79 Å². The molecule has 0 saturated heterocycles. The molecule has 0 aliphatic heterocycles. The molecular weight excluding hydrogens is 447 g/mol. The van der Waals surface area contributed by atoms with Crippen molar-refractivity contribution in [2.75, 3.05) is 18.9 Å². The third kappa shape index (κ3) is 7.15. The molecule has 0 bridgehead atoms. The van der Waals surface area contributed by atoms with E-state index in [2.05, 4.69) is 45.9 Å². The number of anilines is 1. The molecule has 1 aromatic heterocycles. The zero-order valence-corrected chi connectivity index (χ0v) is 17.3. The number of rotatable bonds is 5. The molecule has 0 fully saturated rings. The lowest BCUT2D eigenvalue weighted by Gasteiger charge is -2.11. The molecule has 0 aliphatic carbocycles. The van der Waals surface area contributed by atoms with Crippen LogP contribution in [0.3, 0.4) is 0 Å². The number of guanidine groups is 1. The summed E-state index contributed by atoms with van der Waals surface area (Å²) in [5.41, 5.74) is 1.40. The highest BCUT2D eigenvalue weighted by Gasteiger charge is 2.05. The molecule has 132 valence electrons. The molecule has 1 heterocycles. The number of carbonyl (C=O) groups is 1. The second-order valence-corrected chi connectivity index (χ2v) is 6.44. The van der Waals surface area contributed by atoms with E-state index in [1.165, 1.54) is 9.75 Å². The van der Waals surface area contributed by atoms with Crippen LogP contribution in [-0.2, 0) is 11.3 Å². The summed E-state index contributed by atoms with van der Waals surface area (Å²) in [6, 6.07) is 11.3. The van der Waals surface area contributed by atoms with Gasteiger partial charge in [-0.1, -0.05) is 12.0 Å². The van der Waals surface area contributed by atoms with E-state index in [0.29, 0.717) is 18.2 Å². The van der Waals surface area contributed by atoms with Crippen LogP contribution in [0.1, 0.15) is 15.3 Å². The van der Waals surface area contributed by atoms with Crippen molar-refractivity contribution < 1.29 is 4.79 Å². The van der Waals surface area contributed by atoms with Crippen molar-refractivity contribution in [1.29, 1.82) is 0 Å². The first kappa shape index (κ1) is 21.0. The molecule has 25 heavy (non-hydrogen) atoms. The molecule has 5 nitrogen and oxygen atoms in total. The predicted octanol–water partition coefficient (Wildman–Crippen LogP) is 2.96. The number of terminal acetylenes is 1. The van der Waals surface area contributed by atoms with Crippen molar-refractivity contribution >= 4 is 52.9 Å². The fourth-order valence-corrected chi connectivity index (χ4v) is 2.86. The standard InChI is InChI=1S/C18H20N4OS.HI/c1-4-14-6-5-7-15(10-14)22-17(23)12-21-18(19-3)20-11-16-9-8-13(2)24-16;/h1,5-10H,11-12H2,2-3H3,(H,22,23)(H2,19,20,21);1H. The van der Waals surface area contributed by atoms with Gasteiger partial charge < -0.3 is 16.0 Å². The van der Waals surface area contributed by atoms with Crippen LogP contribution in [0, 0.1) is 19.3 Å². The molecule has 3 N–H and O–H groups in total. The summed E-state index contributed by atoms with van der Waals surface area (Å²) in [7, 11) is 1.67. The maximum atomic E-state index is 12.0. The van der Waals surface area contributed by atoms with Crippen LogP contribution < -0.4 is 16.0 Å². The van der Waals surface area contributed by atoms with Gasteiger partial charge in [0.05, 0.1) is 13.1 Å². The number of hydrogen-bond acceptors (Lipinski definition) is 3. The van der Waals surface area contributed by atoms with Gasteiger partial charge >= 0.3 is 0 Å². The minimum Gasteiger partial charge on any atom is -0.352 e. The number of thiophene rings is 1. The molecule has 0 aliphatic rings. The normalized spacial score (nSPS) is 10.4. The Morgan fingerprint density at radius 2 is 2.08 bits per heavy atom. The first-order chi connectivity index (χ1) is 11.6. The van der Waals surface area contributed by atoms with Crippen LogP contribution in [0.2, 0.25) is 0 Å². The fraction of sp³-hybridized carbons (Fsp3) is 0.222. The summed E-state index contributed by atoms with van der Waals surface area (Å²) in [6.07, 6.45) is 5.35. The lowest BCUT2D eigenvalue weighted by atomic mass is 10.2. The quantitative estimate of drug-likeness (QED) is 0.274. The SMILES string of the molecule is C#Cc1cccc(NC(=O)CNC(=NC)NCc2ccc(C)s2)c1.I. The van der Waals surface area contributed by atoms with Crippen LogP contribution in [0.5, 0.6) is 0 Å². The van der Waals surface area contributed by atoms with Gasteiger partial charge in [-0.2, -0.15) is 0 Å².